The molecule has 0 fully saturated rings. The first-order chi connectivity index (χ1) is 12.8. The van der Waals surface area contributed by atoms with Gasteiger partial charge in [0.15, 0.2) is 0 Å². The van der Waals surface area contributed by atoms with E-state index in [1.54, 1.807) is 24.3 Å². The van der Waals surface area contributed by atoms with Crippen LogP contribution in [-0.4, -0.2) is 39.1 Å². The summed E-state index contributed by atoms with van der Waals surface area (Å²) in [5.74, 6) is -3.50. The Hall–Kier alpha value is -3.13. The maximum Gasteiger partial charge on any atom is 0.337 e. The molecule has 0 saturated heterocycles. The molecule has 1 heterocycles. The number of carbonyl (C=O) groups excluding carboxylic acids is 1. The Morgan fingerprint density at radius 2 is 1.81 bits per heavy atom. The molecule has 0 aliphatic carbocycles. The molecule has 9 heteroatoms. The van der Waals surface area contributed by atoms with E-state index in [2.05, 4.69) is 5.32 Å². The van der Waals surface area contributed by atoms with Crippen molar-refractivity contribution in [3.05, 3.63) is 63.9 Å². The quantitative estimate of drug-likeness (QED) is 0.743. The molecular weight excluding hydrogens is 379 g/mol. The first kappa shape index (κ1) is 18.7. The number of carboxylic acids is 2. The third-order valence-corrected chi connectivity index (χ3v) is 4.64. The summed E-state index contributed by atoms with van der Waals surface area (Å²) in [5.41, 5.74) is 0.824. The summed E-state index contributed by atoms with van der Waals surface area (Å²) in [6, 6.07) is 6.81. The third kappa shape index (κ3) is 3.70. The van der Waals surface area contributed by atoms with Gasteiger partial charge in [-0.3, -0.25) is 0 Å². The second-order valence-electron chi connectivity index (χ2n) is 6.00. The molecule has 2 amide bonds. The molecule has 1 aliphatic rings. The van der Waals surface area contributed by atoms with Crippen LogP contribution < -0.4 is 5.32 Å². The van der Waals surface area contributed by atoms with Crippen molar-refractivity contribution < 1.29 is 29.0 Å². The number of hydrogen-bond acceptors (Lipinski definition) is 3. The monoisotopic (exact) mass is 392 g/mol. The number of urea groups is 1. The number of nitrogens with zero attached hydrogens (tertiary/aromatic N) is 1. The zero-order valence-electron chi connectivity index (χ0n) is 13.8. The minimum absolute atomic E-state index is 0.0277. The molecule has 3 N–H and O–H groups in total. The van der Waals surface area contributed by atoms with E-state index in [0.717, 1.165) is 28.2 Å². The van der Waals surface area contributed by atoms with Crippen molar-refractivity contribution in [1.29, 1.82) is 0 Å². The van der Waals surface area contributed by atoms with E-state index in [9.17, 15) is 23.9 Å². The fourth-order valence-electron chi connectivity index (χ4n) is 2.95. The van der Waals surface area contributed by atoms with Crippen LogP contribution >= 0.6 is 11.6 Å². The summed E-state index contributed by atoms with van der Waals surface area (Å²) in [4.78, 5) is 36.4. The maximum absolute atomic E-state index is 14.1. The molecule has 27 heavy (non-hydrogen) atoms. The molecule has 1 unspecified atom stereocenters. The van der Waals surface area contributed by atoms with Crippen molar-refractivity contribution in [1.82, 2.24) is 4.90 Å². The topological polar surface area (TPSA) is 107 Å². The molecule has 1 atom stereocenters. The number of halogens is 2. The minimum Gasteiger partial charge on any atom is -0.480 e. The second kappa shape index (κ2) is 7.24. The molecule has 2 aromatic rings. The highest BCUT2D eigenvalue weighted by Gasteiger charge is 2.35. The van der Waals surface area contributed by atoms with E-state index in [1.807, 2.05) is 0 Å². The number of aromatic carboxylic acids is 1. The van der Waals surface area contributed by atoms with Gasteiger partial charge in [-0.2, -0.15) is 0 Å². The van der Waals surface area contributed by atoms with Crippen LogP contribution in [0.1, 0.15) is 21.5 Å². The van der Waals surface area contributed by atoms with Gasteiger partial charge in [0.25, 0.3) is 0 Å². The lowest BCUT2D eigenvalue weighted by molar-refractivity contribution is -0.142. The summed E-state index contributed by atoms with van der Waals surface area (Å²) in [6.45, 7) is 0.0277. The summed E-state index contributed by atoms with van der Waals surface area (Å²) in [5, 5.41) is 20.5. The summed E-state index contributed by atoms with van der Waals surface area (Å²) < 4.78 is 14.1. The SMILES string of the molecule is O=C(O)c1cc(NC(=O)N2Cc3ccccc3CC2C(=O)O)c(F)cc1Cl. The van der Waals surface area contributed by atoms with E-state index in [-0.39, 0.29) is 23.6 Å². The number of anilines is 1. The lowest BCUT2D eigenvalue weighted by atomic mass is 9.94. The van der Waals surface area contributed by atoms with Crippen LogP contribution in [0.25, 0.3) is 0 Å². The zero-order chi connectivity index (χ0) is 19.7. The fourth-order valence-corrected chi connectivity index (χ4v) is 3.18. The van der Waals surface area contributed by atoms with Gasteiger partial charge in [0, 0.05) is 13.0 Å². The largest absolute Gasteiger partial charge is 0.480 e. The molecule has 0 spiro atoms. The smallest absolute Gasteiger partial charge is 0.337 e. The van der Waals surface area contributed by atoms with Crippen LogP contribution in [0.2, 0.25) is 5.02 Å². The standard InChI is InChI=1S/C18H14ClFN2O5/c19-12-7-13(20)14(6-11(12)16(23)24)21-18(27)22-8-10-4-2-1-3-9(10)5-15(22)17(25)26/h1-4,6-7,15H,5,8H2,(H,21,27)(H,23,24)(H,25,26). The van der Waals surface area contributed by atoms with Gasteiger partial charge >= 0.3 is 18.0 Å². The predicted molar refractivity (Wildman–Crippen MR) is 94.5 cm³/mol. The van der Waals surface area contributed by atoms with Gasteiger partial charge in [0.05, 0.1) is 16.3 Å². The van der Waals surface area contributed by atoms with Gasteiger partial charge in [-0.05, 0) is 23.3 Å². The van der Waals surface area contributed by atoms with Gasteiger partial charge in [-0.1, -0.05) is 35.9 Å². The van der Waals surface area contributed by atoms with Crippen LogP contribution in [0, 0.1) is 5.82 Å². The van der Waals surface area contributed by atoms with Crippen molar-refractivity contribution in [2.24, 2.45) is 0 Å². The van der Waals surface area contributed by atoms with Crippen LogP contribution in [0.5, 0.6) is 0 Å². The molecule has 3 rings (SSSR count). The summed E-state index contributed by atoms with van der Waals surface area (Å²) in [6.07, 6.45) is 0.113. The highest BCUT2D eigenvalue weighted by Crippen LogP contribution is 2.27. The molecule has 0 aromatic heterocycles. The van der Waals surface area contributed by atoms with Crippen LogP contribution in [0.15, 0.2) is 36.4 Å². The lowest BCUT2D eigenvalue weighted by Gasteiger charge is -2.34. The van der Waals surface area contributed by atoms with Crippen LogP contribution in [-0.2, 0) is 17.8 Å². The van der Waals surface area contributed by atoms with Crippen molar-refractivity contribution in [3.8, 4) is 0 Å². The Morgan fingerprint density at radius 3 is 2.44 bits per heavy atom. The molecule has 7 nitrogen and oxygen atoms in total. The maximum atomic E-state index is 14.1. The van der Waals surface area contributed by atoms with Gasteiger partial charge in [0.2, 0.25) is 0 Å². The van der Waals surface area contributed by atoms with Gasteiger partial charge in [0.1, 0.15) is 11.9 Å². The average Bonchev–Trinajstić information content (AvgIpc) is 2.62. The van der Waals surface area contributed by atoms with Crippen molar-refractivity contribution >= 4 is 35.3 Å². The average molecular weight is 393 g/mol. The van der Waals surface area contributed by atoms with Gasteiger partial charge in [-0.25, -0.2) is 18.8 Å². The number of hydrogen-bond donors (Lipinski definition) is 3. The highest BCUT2D eigenvalue weighted by atomic mass is 35.5. The number of benzene rings is 2. The number of aliphatic carboxylic acids is 1. The molecule has 0 saturated carbocycles. The van der Waals surface area contributed by atoms with Crippen LogP contribution in [0.3, 0.4) is 0 Å². The van der Waals surface area contributed by atoms with E-state index < -0.39 is 35.5 Å². The number of carboxylic acid groups (broad SMARTS) is 2. The van der Waals surface area contributed by atoms with E-state index in [1.165, 1.54) is 0 Å². The normalized spacial score (nSPS) is 15.8. The molecule has 1 aliphatic heterocycles. The number of fused-ring (bicyclic) bond motifs is 1. The third-order valence-electron chi connectivity index (χ3n) is 4.32. The van der Waals surface area contributed by atoms with E-state index in [4.69, 9.17) is 16.7 Å². The number of carbonyl (C=O) groups is 3. The predicted octanol–water partition coefficient (Wildman–Crippen LogP) is 3.22. The molecule has 140 valence electrons. The lowest BCUT2D eigenvalue weighted by Crippen LogP contribution is -2.50. The summed E-state index contributed by atoms with van der Waals surface area (Å²) in [7, 11) is 0. The minimum atomic E-state index is -1.38. The van der Waals surface area contributed by atoms with Crippen molar-refractivity contribution in [2.45, 2.75) is 19.0 Å². The Labute approximate surface area is 158 Å². The van der Waals surface area contributed by atoms with E-state index in [0.29, 0.717) is 0 Å². The van der Waals surface area contributed by atoms with Crippen molar-refractivity contribution in [2.75, 3.05) is 5.32 Å². The summed E-state index contributed by atoms with van der Waals surface area (Å²) >= 11 is 5.68. The Kier molecular flexibility index (Phi) is 5.00. The van der Waals surface area contributed by atoms with Gasteiger partial charge in [-0.15, -0.1) is 0 Å². The Balaban J connectivity index is 1.90. The number of rotatable bonds is 3. The zero-order valence-corrected chi connectivity index (χ0v) is 14.5. The molecule has 2 aromatic carbocycles. The van der Waals surface area contributed by atoms with Crippen LogP contribution in [0.4, 0.5) is 14.9 Å². The molecular formula is C18H14ClFN2O5. The van der Waals surface area contributed by atoms with E-state index >= 15 is 0 Å². The number of nitrogens with one attached hydrogen (secondary N) is 1. The fraction of sp³-hybridized carbons (Fsp3) is 0.167. The molecule has 0 radical (unpaired) electrons. The Morgan fingerprint density at radius 1 is 1.15 bits per heavy atom. The van der Waals surface area contributed by atoms with Crippen molar-refractivity contribution in [3.63, 3.8) is 0 Å². The highest BCUT2D eigenvalue weighted by molar-refractivity contribution is 6.33. The molecule has 0 bridgehead atoms. The van der Waals surface area contributed by atoms with Gasteiger partial charge < -0.3 is 20.4 Å². The second-order valence-corrected chi connectivity index (χ2v) is 6.41. The first-order valence-electron chi connectivity index (χ1n) is 7.87. The first-order valence-corrected chi connectivity index (χ1v) is 8.25. The number of amides is 2. The Bertz CT molecular complexity index is 949.